The summed E-state index contributed by atoms with van der Waals surface area (Å²) in [5, 5.41) is 25.7. The van der Waals surface area contributed by atoms with E-state index in [1.54, 1.807) is 12.1 Å². The minimum Gasteiger partial charge on any atom is -0.453 e. The lowest BCUT2D eigenvalue weighted by Crippen LogP contribution is -2.53. The molecule has 3 aromatic rings. The molecule has 0 aromatic heterocycles. The van der Waals surface area contributed by atoms with Crippen LogP contribution in [0.25, 0.3) is 0 Å². The van der Waals surface area contributed by atoms with E-state index in [0.717, 1.165) is 24.0 Å². The van der Waals surface area contributed by atoms with Crippen LogP contribution in [-0.4, -0.2) is 73.3 Å². The van der Waals surface area contributed by atoms with Gasteiger partial charge in [-0.05, 0) is 73.3 Å². The Morgan fingerprint density at radius 2 is 1.49 bits per heavy atom. The van der Waals surface area contributed by atoms with E-state index < -0.39 is 34.1 Å². The Labute approximate surface area is 278 Å². The Morgan fingerprint density at radius 3 is 1.98 bits per heavy atom. The number of hydrogen-bond donors (Lipinski definition) is 4. The number of sulfonamides is 1. The molecule has 1 saturated carbocycles. The van der Waals surface area contributed by atoms with E-state index in [1.807, 2.05) is 67.6 Å². The number of methoxy groups -OCH3 is 1. The van der Waals surface area contributed by atoms with Crippen molar-refractivity contribution in [3.05, 3.63) is 102 Å². The Kier molecular flexibility index (Phi) is 13.4. The fraction of sp³-hybridized carbons (Fsp3) is 0.444. The zero-order valence-electron chi connectivity index (χ0n) is 27.1. The number of nitrogens with zero attached hydrogens (tertiary/aromatic N) is 1. The van der Waals surface area contributed by atoms with Crippen molar-refractivity contribution in [2.75, 3.05) is 20.3 Å². The first-order chi connectivity index (χ1) is 22.7. The summed E-state index contributed by atoms with van der Waals surface area (Å²) >= 11 is 0. The molecule has 3 aromatic carbocycles. The molecular weight excluding hydrogens is 618 g/mol. The first-order valence-corrected chi connectivity index (χ1v) is 17.7. The van der Waals surface area contributed by atoms with Gasteiger partial charge in [0.2, 0.25) is 15.9 Å². The average molecular weight is 666 g/mol. The van der Waals surface area contributed by atoms with E-state index in [0.29, 0.717) is 31.2 Å². The molecular formula is C36H47N3O7S. The predicted molar refractivity (Wildman–Crippen MR) is 180 cm³/mol. The molecule has 1 aliphatic carbocycles. The highest BCUT2D eigenvalue weighted by Gasteiger charge is 2.38. The molecule has 2 amide bonds. The second-order valence-corrected chi connectivity index (χ2v) is 13.9. The van der Waals surface area contributed by atoms with Gasteiger partial charge in [0, 0.05) is 24.5 Å². The zero-order valence-corrected chi connectivity index (χ0v) is 27.9. The van der Waals surface area contributed by atoms with Crippen LogP contribution < -0.4 is 10.6 Å². The molecule has 11 heteroatoms. The third kappa shape index (κ3) is 9.63. The molecule has 1 aliphatic rings. The van der Waals surface area contributed by atoms with Crippen LogP contribution in [0.2, 0.25) is 0 Å². The molecule has 0 spiro atoms. The Morgan fingerprint density at radius 1 is 0.894 bits per heavy atom. The normalized spacial score (nSPS) is 15.2. The number of nitrogens with one attached hydrogen (secondary N) is 2. The summed E-state index contributed by atoms with van der Waals surface area (Å²) < 4.78 is 33.5. The van der Waals surface area contributed by atoms with Crippen molar-refractivity contribution in [3.63, 3.8) is 0 Å². The summed E-state index contributed by atoms with van der Waals surface area (Å²) in [5.74, 6) is -0.530. The van der Waals surface area contributed by atoms with Gasteiger partial charge in [-0.2, -0.15) is 4.31 Å². The molecule has 0 saturated heterocycles. The molecule has 0 heterocycles. The molecule has 3 atom stereocenters. The van der Waals surface area contributed by atoms with Crippen molar-refractivity contribution < 1.29 is 33.0 Å². The number of benzene rings is 3. The van der Waals surface area contributed by atoms with Crippen molar-refractivity contribution in [2.24, 2.45) is 5.92 Å². The molecule has 0 aliphatic heterocycles. The van der Waals surface area contributed by atoms with Gasteiger partial charge in [0.15, 0.2) is 0 Å². The van der Waals surface area contributed by atoms with E-state index in [4.69, 9.17) is 4.74 Å². The monoisotopic (exact) mass is 665 g/mol. The van der Waals surface area contributed by atoms with Crippen LogP contribution in [0.4, 0.5) is 4.79 Å². The van der Waals surface area contributed by atoms with Gasteiger partial charge in [0.25, 0.3) is 0 Å². The number of alkyl carbamates (subject to hydrolysis) is 1. The number of aliphatic hydroxyl groups is 2. The highest BCUT2D eigenvalue weighted by atomic mass is 32.2. The molecule has 47 heavy (non-hydrogen) atoms. The van der Waals surface area contributed by atoms with E-state index >= 15 is 0 Å². The fourth-order valence-corrected chi connectivity index (χ4v) is 7.84. The molecule has 0 bridgehead atoms. The minimum atomic E-state index is -3.89. The van der Waals surface area contributed by atoms with Crippen molar-refractivity contribution in [3.8, 4) is 0 Å². The van der Waals surface area contributed by atoms with Crippen molar-refractivity contribution in [2.45, 2.75) is 81.0 Å². The first-order valence-electron chi connectivity index (χ1n) is 16.3. The highest BCUT2D eigenvalue weighted by Crippen LogP contribution is 2.36. The summed E-state index contributed by atoms with van der Waals surface area (Å²) in [5.41, 5.74) is 2.35. The lowest BCUT2D eigenvalue weighted by Gasteiger charge is -2.31. The van der Waals surface area contributed by atoms with Gasteiger partial charge in [-0.15, -0.1) is 0 Å². The molecule has 0 radical (unpaired) electrons. The number of rotatable bonds is 18. The molecule has 4 rings (SSSR count). The minimum absolute atomic E-state index is 0.111. The van der Waals surface area contributed by atoms with Gasteiger partial charge in [0.05, 0.1) is 25.2 Å². The van der Waals surface area contributed by atoms with Gasteiger partial charge in [-0.3, -0.25) is 4.79 Å². The van der Waals surface area contributed by atoms with Gasteiger partial charge >= 0.3 is 6.09 Å². The SMILES string of the molecule is CCCN([C@H](CO)CCC[C@@H](NC(=O)[C@@H](NC(=O)OC)C(c1ccccc1)c1ccccc1)C1CC1)S(=O)(=O)c1ccc(CO)cc1. The molecule has 254 valence electrons. The average Bonchev–Trinajstić information content (AvgIpc) is 3.95. The number of carbonyl (C=O) groups excluding carboxylic acids is 2. The van der Waals surface area contributed by atoms with E-state index in [-0.39, 0.29) is 42.5 Å². The number of aliphatic hydroxyl groups excluding tert-OH is 2. The summed E-state index contributed by atoms with van der Waals surface area (Å²) in [4.78, 5) is 26.7. The molecule has 0 unspecified atom stereocenters. The van der Waals surface area contributed by atoms with Crippen LogP contribution in [0.5, 0.6) is 0 Å². The third-order valence-electron chi connectivity index (χ3n) is 8.74. The third-order valence-corrected chi connectivity index (χ3v) is 10.7. The Hall–Kier alpha value is -3.77. The molecule has 4 N–H and O–H groups in total. The van der Waals surface area contributed by atoms with Gasteiger partial charge in [-0.1, -0.05) is 79.7 Å². The van der Waals surface area contributed by atoms with Crippen LogP contribution in [0.3, 0.4) is 0 Å². The van der Waals surface area contributed by atoms with Gasteiger partial charge in [-0.25, -0.2) is 13.2 Å². The standard InChI is InChI=1S/C36H47N3O7S/c1-3-23-39(47(44,45)31-21-17-26(24-40)18-22-31)30(25-41)15-10-16-32(27-19-20-27)37-35(42)34(38-36(43)46-2)33(28-11-6-4-7-12-28)29-13-8-5-9-14-29/h4-9,11-14,17-18,21-22,27,30,32-34,40-41H,3,10,15-16,19-20,23-25H2,1-2H3,(H,37,42)(H,38,43)/t30-,32+,34-/m0/s1. The van der Waals surface area contributed by atoms with Crippen LogP contribution >= 0.6 is 0 Å². The van der Waals surface area contributed by atoms with E-state index in [9.17, 15) is 28.2 Å². The van der Waals surface area contributed by atoms with E-state index in [2.05, 4.69) is 10.6 Å². The predicted octanol–water partition coefficient (Wildman–Crippen LogP) is 4.56. The summed E-state index contributed by atoms with van der Waals surface area (Å²) in [7, 11) is -2.63. The van der Waals surface area contributed by atoms with Crippen LogP contribution in [0.15, 0.2) is 89.8 Å². The molecule has 1 fully saturated rings. The number of amides is 2. The zero-order chi connectivity index (χ0) is 33.8. The number of carbonyl (C=O) groups is 2. The topological polar surface area (TPSA) is 145 Å². The Bertz CT molecular complexity index is 1480. The number of hydrogen-bond acceptors (Lipinski definition) is 7. The first kappa shape index (κ1) is 36.1. The lowest BCUT2D eigenvalue weighted by atomic mass is 9.84. The quantitative estimate of drug-likeness (QED) is 0.156. The Balaban J connectivity index is 1.50. The maximum Gasteiger partial charge on any atom is 0.407 e. The van der Waals surface area contributed by atoms with E-state index in [1.165, 1.54) is 23.5 Å². The summed E-state index contributed by atoms with van der Waals surface area (Å²) in [6, 6.07) is 23.5. The van der Waals surface area contributed by atoms with Crippen molar-refractivity contribution >= 4 is 22.0 Å². The largest absolute Gasteiger partial charge is 0.453 e. The van der Waals surface area contributed by atoms with Gasteiger partial charge in [0.1, 0.15) is 6.04 Å². The number of ether oxygens (including phenoxy) is 1. The van der Waals surface area contributed by atoms with Crippen molar-refractivity contribution in [1.29, 1.82) is 0 Å². The second kappa shape index (κ2) is 17.4. The lowest BCUT2D eigenvalue weighted by molar-refractivity contribution is -0.124. The summed E-state index contributed by atoms with van der Waals surface area (Å²) in [6.45, 7) is 1.62. The maximum absolute atomic E-state index is 14.1. The van der Waals surface area contributed by atoms with Crippen molar-refractivity contribution in [1.82, 2.24) is 14.9 Å². The summed E-state index contributed by atoms with van der Waals surface area (Å²) in [6.07, 6.45) is 3.36. The van der Waals surface area contributed by atoms with Crippen LogP contribution in [0.1, 0.15) is 68.1 Å². The second-order valence-electron chi connectivity index (χ2n) is 12.1. The maximum atomic E-state index is 14.1. The highest BCUT2D eigenvalue weighted by molar-refractivity contribution is 7.89. The smallest absolute Gasteiger partial charge is 0.407 e. The van der Waals surface area contributed by atoms with Gasteiger partial charge < -0.3 is 25.6 Å². The van der Waals surface area contributed by atoms with Crippen LogP contribution in [0, 0.1) is 5.92 Å². The molecule has 10 nitrogen and oxygen atoms in total. The fourth-order valence-electron chi connectivity index (χ4n) is 6.10. The van der Waals surface area contributed by atoms with Crippen LogP contribution in [-0.2, 0) is 26.2 Å².